The quantitative estimate of drug-likeness (QED) is 0.506. The summed E-state index contributed by atoms with van der Waals surface area (Å²) in [6, 6.07) is 0. The Balaban J connectivity index is 2.11. The molecule has 14 heavy (non-hydrogen) atoms. The molecule has 0 spiro atoms. The number of rotatable bonds is 0. The van der Waals surface area contributed by atoms with E-state index in [1.165, 1.54) is 25.7 Å². The topological polar surface area (TPSA) is 0 Å². The Hall–Kier alpha value is -0.260. The van der Waals surface area contributed by atoms with Gasteiger partial charge in [-0.1, -0.05) is 32.9 Å². The van der Waals surface area contributed by atoms with Gasteiger partial charge in [-0.25, -0.2) is 0 Å². The highest BCUT2D eigenvalue weighted by Crippen LogP contribution is 2.71. The molecule has 4 atom stereocenters. The van der Waals surface area contributed by atoms with Gasteiger partial charge in [0.1, 0.15) is 0 Å². The summed E-state index contributed by atoms with van der Waals surface area (Å²) in [4.78, 5) is 0. The van der Waals surface area contributed by atoms with Crippen molar-refractivity contribution in [1.82, 2.24) is 0 Å². The van der Waals surface area contributed by atoms with Crippen LogP contribution in [0, 0.1) is 28.6 Å². The molecule has 0 nitrogen and oxygen atoms in total. The van der Waals surface area contributed by atoms with Gasteiger partial charge < -0.3 is 0 Å². The van der Waals surface area contributed by atoms with E-state index in [-0.39, 0.29) is 0 Å². The Labute approximate surface area is 87.8 Å². The standard InChI is InChI=1S/C14H22/c1-9-10-5-6-11-12(10)13(2,3)7-8-14(9,11)4/h10-12H,1,5-8H2,2-4H3/t10?,11?,12?,14-/m1/s1. The largest absolute Gasteiger partial charge is 0.0990 e. The number of allylic oxidation sites excluding steroid dienone is 1. The third kappa shape index (κ3) is 0.777. The molecule has 0 heteroatoms. The van der Waals surface area contributed by atoms with E-state index in [1.807, 2.05) is 0 Å². The van der Waals surface area contributed by atoms with Gasteiger partial charge in [-0.05, 0) is 54.3 Å². The van der Waals surface area contributed by atoms with Crippen LogP contribution in [0.25, 0.3) is 0 Å². The Bertz CT molecular complexity index is 299. The highest BCUT2D eigenvalue weighted by Gasteiger charge is 2.63. The second-order valence-corrected chi connectivity index (χ2v) is 6.75. The number of hydrogen-bond donors (Lipinski definition) is 0. The maximum absolute atomic E-state index is 4.42. The van der Waals surface area contributed by atoms with E-state index in [2.05, 4.69) is 27.4 Å². The van der Waals surface area contributed by atoms with Gasteiger partial charge >= 0.3 is 0 Å². The van der Waals surface area contributed by atoms with E-state index >= 15 is 0 Å². The zero-order chi connectivity index (χ0) is 10.1. The van der Waals surface area contributed by atoms with Crippen molar-refractivity contribution in [2.45, 2.75) is 46.5 Å². The predicted octanol–water partition coefficient (Wildman–Crippen LogP) is 4.02. The van der Waals surface area contributed by atoms with Crippen LogP contribution in [0.3, 0.4) is 0 Å². The zero-order valence-corrected chi connectivity index (χ0v) is 9.77. The van der Waals surface area contributed by atoms with E-state index in [4.69, 9.17) is 0 Å². The van der Waals surface area contributed by atoms with Gasteiger partial charge in [-0.15, -0.1) is 0 Å². The molecular weight excluding hydrogens is 168 g/mol. The summed E-state index contributed by atoms with van der Waals surface area (Å²) in [6.07, 6.45) is 5.73. The summed E-state index contributed by atoms with van der Waals surface area (Å²) in [5.74, 6) is 2.82. The highest BCUT2D eigenvalue weighted by molar-refractivity contribution is 5.30. The maximum Gasteiger partial charge on any atom is -0.00847 e. The van der Waals surface area contributed by atoms with Gasteiger partial charge in [0.05, 0.1) is 0 Å². The molecule has 3 aliphatic rings. The first-order valence-electron chi connectivity index (χ1n) is 6.16. The summed E-state index contributed by atoms with van der Waals surface area (Å²) in [7, 11) is 0. The van der Waals surface area contributed by atoms with Crippen LogP contribution in [0.2, 0.25) is 0 Å². The minimum Gasteiger partial charge on any atom is -0.0990 e. The van der Waals surface area contributed by atoms with Crippen molar-refractivity contribution in [3.8, 4) is 0 Å². The Morgan fingerprint density at radius 1 is 1.14 bits per heavy atom. The molecule has 3 aliphatic carbocycles. The van der Waals surface area contributed by atoms with E-state index in [0.717, 1.165) is 17.8 Å². The molecule has 3 fully saturated rings. The summed E-state index contributed by atoms with van der Waals surface area (Å²) in [5.41, 5.74) is 2.73. The summed E-state index contributed by atoms with van der Waals surface area (Å²) in [6.45, 7) is 11.9. The molecule has 0 aromatic heterocycles. The first kappa shape index (κ1) is 9.00. The highest BCUT2D eigenvalue weighted by atomic mass is 14.7. The minimum absolute atomic E-state index is 0.531. The third-order valence-corrected chi connectivity index (χ3v) is 5.85. The Morgan fingerprint density at radius 2 is 1.86 bits per heavy atom. The van der Waals surface area contributed by atoms with Crippen LogP contribution in [-0.2, 0) is 0 Å². The first-order valence-corrected chi connectivity index (χ1v) is 6.16. The molecule has 0 aromatic carbocycles. The van der Waals surface area contributed by atoms with Gasteiger partial charge in [0.2, 0.25) is 0 Å². The van der Waals surface area contributed by atoms with Gasteiger partial charge in [0.15, 0.2) is 0 Å². The summed E-state index contributed by atoms with van der Waals surface area (Å²) in [5, 5.41) is 0. The first-order chi connectivity index (χ1) is 6.47. The van der Waals surface area contributed by atoms with Crippen LogP contribution in [0.15, 0.2) is 12.2 Å². The minimum atomic E-state index is 0.531. The molecule has 0 saturated heterocycles. The van der Waals surface area contributed by atoms with Crippen molar-refractivity contribution >= 4 is 0 Å². The van der Waals surface area contributed by atoms with Crippen LogP contribution in [-0.4, -0.2) is 0 Å². The number of hydrogen-bond acceptors (Lipinski definition) is 0. The van der Waals surface area contributed by atoms with Crippen LogP contribution < -0.4 is 0 Å². The van der Waals surface area contributed by atoms with Crippen molar-refractivity contribution < 1.29 is 0 Å². The van der Waals surface area contributed by atoms with Gasteiger partial charge in [-0.3, -0.25) is 0 Å². The van der Waals surface area contributed by atoms with E-state index in [1.54, 1.807) is 5.57 Å². The lowest BCUT2D eigenvalue weighted by Gasteiger charge is -2.46. The second kappa shape index (κ2) is 2.28. The van der Waals surface area contributed by atoms with Crippen LogP contribution in [0.5, 0.6) is 0 Å². The molecule has 0 radical (unpaired) electrons. The van der Waals surface area contributed by atoms with Crippen molar-refractivity contribution in [3.05, 3.63) is 12.2 Å². The van der Waals surface area contributed by atoms with Crippen molar-refractivity contribution in [2.75, 3.05) is 0 Å². The van der Waals surface area contributed by atoms with Crippen molar-refractivity contribution in [3.63, 3.8) is 0 Å². The fraction of sp³-hybridized carbons (Fsp3) is 0.857. The van der Waals surface area contributed by atoms with E-state index < -0.39 is 0 Å². The molecule has 3 saturated carbocycles. The monoisotopic (exact) mass is 190 g/mol. The fourth-order valence-corrected chi connectivity index (χ4v) is 4.95. The molecule has 0 N–H and O–H groups in total. The molecule has 0 aromatic rings. The predicted molar refractivity (Wildman–Crippen MR) is 60.0 cm³/mol. The van der Waals surface area contributed by atoms with Crippen molar-refractivity contribution in [1.29, 1.82) is 0 Å². The lowest BCUT2D eigenvalue weighted by Crippen LogP contribution is -2.38. The lowest BCUT2D eigenvalue weighted by atomic mass is 9.59. The van der Waals surface area contributed by atoms with E-state index in [9.17, 15) is 0 Å². The average Bonchev–Trinajstić information content (AvgIpc) is 2.61. The van der Waals surface area contributed by atoms with Crippen LogP contribution >= 0.6 is 0 Å². The van der Waals surface area contributed by atoms with E-state index in [0.29, 0.717) is 10.8 Å². The smallest absolute Gasteiger partial charge is 0.00847 e. The summed E-state index contributed by atoms with van der Waals surface area (Å²) < 4.78 is 0. The van der Waals surface area contributed by atoms with Gasteiger partial charge in [0, 0.05) is 0 Å². The normalized spacial score (nSPS) is 53.9. The molecule has 0 aliphatic heterocycles. The molecular formula is C14H22. The Morgan fingerprint density at radius 3 is 2.50 bits per heavy atom. The van der Waals surface area contributed by atoms with Gasteiger partial charge in [-0.2, -0.15) is 0 Å². The SMILES string of the molecule is C=C1C2CCC3C2C(C)(C)CC[C@]13C. The molecule has 3 rings (SSSR count). The fourth-order valence-electron chi connectivity index (χ4n) is 4.95. The maximum atomic E-state index is 4.42. The second-order valence-electron chi connectivity index (χ2n) is 6.75. The van der Waals surface area contributed by atoms with Gasteiger partial charge in [0.25, 0.3) is 0 Å². The van der Waals surface area contributed by atoms with Crippen LogP contribution in [0.1, 0.15) is 46.5 Å². The molecule has 3 unspecified atom stereocenters. The summed E-state index contributed by atoms with van der Waals surface area (Å²) >= 11 is 0. The molecule has 4 bridgehead atoms. The average molecular weight is 190 g/mol. The molecule has 0 heterocycles. The Kier molecular flexibility index (Phi) is 1.47. The third-order valence-electron chi connectivity index (χ3n) is 5.85. The van der Waals surface area contributed by atoms with Crippen molar-refractivity contribution in [2.24, 2.45) is 28.6 Å². The van der Waals surface area contributed by atoms with Crippen LogP contribution in [0.4, 0.5) is 0 Å². The molecule has 0 amide bonds. The molecule has 78 valence electrons. The lowest BCUT2D eigenvalue weighted by molar-refractivity contribution is 0.0461. The zero-order valence-electron chi connectivity index (χ0n) is 9.77.